The Morgan fingerprint density at radius 1 is 1.03 bits per heavy atom. The lowest BCUT2D eigenvalue weighted by Gasteiger charge is -2.48. The topological polar surface area (TPSA) is 97.5 Å². The van der Waals surface area contributed by atoms with Crippen molar-refractivity contribution in [2.24, 2.45) is 0 Å². The summed E-state index contributed by atoms with van der Waals surface area (Å²) in [5, 5.41) is 22.3. The maximum Gasteiger partial charge on any atom is 0.233 e. The van der Waals surface area contributed by atoms with Crippen molar-refractivity contribution in [2.45, 2.75) is 64.4 Å². The van der Waals surface area contributed by atoms with Crippen LogP contribution in [0, 0.1) is 6.92 Å². The molecule has 1 saturated heterocycles. The molecule has 0 saturated carbocycles. The zero-order valence-electron chi connectivity index (χ0n) is 21.7. The number of fused-ring (bicyclic) bond motifs is 1. The van der Waals surface area contributed by atoms with E-state index in [-0.39, 0.29) is 54.4 Å². The van der Waals surface area contributed by atoms with Crippen molar-refractivity contribution in [3.8, 4) is 34.1 Å². The third-order valence-electron chi connectivity index (χ3n) is 6.32. The minimum Gasteiger partial charge on any atom is -0.506 e. The number of aryl methyl sites for hydroxylation is 1. The predicted molar refractivity (Wildman–Crippen MR) is 153 cm³/mol. The summed E-state index contributed by atoms with van der Waals surface area (Å²) in [7, 11) is 0. The maximum absolute atomic E-state index is 15.0. The molecule has 1 fully saturated rings. The number of pyridine rings is 2. The number of hydrogen-bond donors (Lipinski definition) is 2. The molecule has 5 rings (SSSR count). The van der Waals surface area contributed by atoms with Crippen molar-refractivity contribution in [1.82, 2.24) is 29.9 Å². The van der Waals surface area contributed by atoms with Crippen LogP contribution in [-0.2, 0) is 0 Å². The van der Waals surface area contributed by atoms with Gasteiger partial charge in [0, 0.05) is 53.3 Å². The Morgan fingerprint density at radius 2 is 1.76 bits per heavy atom. The summed E-state index contributed by atoms with van der Waals surface area (Å²) < 4.78 is 22.9. The SMILES string of the molecule is Cc1cn2cc(-c3cnc(-c4ccc(O[C@@H]5CC(C)(C)NC(C)(C)[C@@H]5F)nn4)c(O)c3)ccc2n1.Cl.Cl.Cl. The van der Waals surface area contributed by atoms with Crippen molar-refractivity contribution in [2.75, 3.05) is 0 Å². The van der Waals surface area contributed by atoms with Gasteiger partial charge in [-0.3, -0.25) is 0 Å². The van der Waals surface area contributed by atoms with Crippen molar-refractivity contribution in [3.05, 3.63) is 54.6 Å². The largest absolute Gasteiger partial charge is 0.506 e. The third-order valence-corrected chi connectivity index (χ3v) is 6.32. The van der Waals surface area contributed by atoms with Gasteiger partial charge in [0.15, 0.2) is 6.17 Å². The van der Waals surface area contributed by atoms with E-state index in [4.69, 9.17) is 4.74 Å². The Balaban J connectivity index is 0.00000169. The van der Waals surface area contributed by atoms with Crippen LogP contribution in [0.1, 0.15) is 39.8 Å². The first-order chi connectivity index (χ1) is 16.5. The standard InChI is InChI=1S/C26H29FN6O2.3ClH/c1-15-13-33-14-16(6-8-21(33)29-15)17-10-19(34)23(28-12-17)18-7-9-22(31-30-18)35-20-11-25(2,3)32-26(4,5)24(20)27;;;/h6-10,12-14,20,24,32,34H,11H2,1-5H3;3*1H/t20-,24-;;;/m1.../s1. The summed E-state index contributed by atoms with van der Waals surface area (Å²) in [6, 6.07) is 8.79. The second kappa shape index (κ2) is 11.6. The Labute approximate surface area is 239 Å². The molecule has 2 atom stereocenters. The van der Waals surface area contributed by atoms with Crippen LogP contribution in [0.15, 0.2) is 48.9 Å². The van der Waals surface area contributed by atoms with Gasteiger partial charge < -0.3 is 19.6 Å². The molecule has 0 aliphatic carbocycles. The fourth-order valence-electron chi connectivity index (χ4n) is 4.93. The van der Waals surface area contributed by atoms with Gasteiger partial charge in [-0.1, -0.05) is 0 Å². The third kappa shape index (κ3) is 6.29. The number of hydrogen-bond acceptors (Lipinski definition) is 7. The van der Waals surface area contributed by atoms with Gasteiger partial charge in [0.05, 0.1) is 5.69 Å². The first kappa shape index (κ1) is 31.5. The highest BCUT2D eigenvalue weighted by molar-refractivity contribution is 5.86. The van der Waals surface area contributed by atoms with Gasteiger partial charge >= 0.3 is 0 Å². The van der Waals surface area contributed by atoms with E-state index in [0.717, 1.165) is 22.5 Å². The number of ether oxygens (including phenoxy) is 1. The average Bonchev–Trinajstić information content (AvgIpc) is 3.16. The maximum atomic E-state index is 15.0. The first-order valence-corrected chi connectivity index (χ1v) is 11.6. The van der Waals surface area contributed by atoms with Gasteiger partial charge in [-0.15, -0.1) is 47.4 Å². The molecule has 2 N–H and O–H groups in total. The fourth-order valence-corrected chi connectivity index (χ4v) is 4.93. The highest BCUT2D eigenvalue weighted by Gasteiger charge is 2.47. The lowest BCUT2D eigenvalue weighted by Crippen LogP contribution is -2.66. The van der Waals surface area contributed by atoms with Crippen LogP contribution >= 0.6 is 37.2 Å². The lowest BCUT2D eigenvalue weighted by atomic mass is 9.79. The minimum atomic E-state index is -1.21. The van der Waals surface area contributed by atoms with Crippen molar-refractivity contribution < 1.29 is 14.2 Å². The summed E-state index contributed by atoms with van der Waals surface area (Å²) in [6.45, 7) is 9.65. The molecular formula is C26H32Cl3FN6O2. The van der Waals surface area contributed by atoms with Crippen LogP contribution < -0.4 is 10.1 Å². The van der Waals surface area contributed by atoms with Crippen LogP contribution in [0.5, 0.6) is 11.6 Å². The molecule has 0 spiro atoms. The van der Waals surface area contributed by atoms with E-state index in [1.807, 2.05) is 63.5 Å². The number of aromatic hydroxyl groups is 1. The van der Waals surface area contributed by atoms with Crippen LogP contribution in [0.2, 0.25) is 0 Å². The summed E-state index contributed by atoms with van der Waals surface area (Å²) in [5.74, 6) is 0.216. The van der Waals surface area contributed by atoms with Crippen LogP contribution in [0.3, 0.4) is 0 Å². The Morgan fingerprint density at radius 3 is 2.42 bits per heavy atom. The number of nitrogens with one attached hydrogen (secondary N) is 1. The van der Waals surface area contributed by atoms with E-state index in [9.17, 15) is 5.11 Å². The number of rotatable bonds is 4. The molecule has 4 aromatic heterocycles. The zero-order valence-corrected chi connectivity index (χ0v) is 24.1. The molecule has 0 bridgehead atoms. The number of alkyl halides is 1. The van der Waals surface area contributed by atoms with Crippen molar-refractivity contribution in [3.63, 3.8) is 0 Å². The molecule has 0 aromatic carbocycles. The Hall–Kier alpha value is -2.72. The molecule has 1 aliphatic heterocycles. The van der Waals surface area contributed by atoms with E-state index in [1.54, 1.807) is 24.4 Å². The number of halogens is 4. The van der Waals surface area contributed by atoms with E-state index < -0.39 is 17.8 Å². The number of imidazole rings is 1. The molecule has 8 nitrogen and oxygen atoms in total. The first-order valence-electron chi connectivity index (χ1n) is 11.6. The van der Waals surface area contributed by atoms with Crippen molar-refractivity contribution in [1.29, 1.82) is 0 Å². The van der Waals surface area contributed by atoms with Crippen LogP contribution in [0.25, 0.3) is 28.2 Å². The quantitative estimate of drug-likeness (QED) is 0.314. The molecule has 0 amide bonds. The fraction of sp³-hybridized carbons (Fsp3) is 0.385. The second-order valence-corrected chi connectivity index (χ2v) is 10.4. The van der Waals surface area contributed by atoms with Gasteiger partial charge in [0.1, 0.15) is 28.9 Å². The summed E-state index contributed by atoms with van der Waals surface area (Å²) >= 11 is 0. The smallest absolute Gasteiger partial charge is 0.233 e. The molecule has 4 aromatic rings. The summed E-state index contributed by atoms with van der Waals surface area (Å²) in [5.41, 5.74) is 3.14. The molecule has 0 radical (unpaired) electrons. The minimum absolute atomic E-state index is 0. The molecule has 206 valence electrons. The highest BCUT2D eigenvalue weighted by Crippen LogP contribution is 2.34. The predicted octanol–water partition coefficient (Wildman–Crippen LogP) is 5.77. The van der Waals surface area contributed by atoms with Gasteiger partial charge in [-0.25, -0.2) is 14.4 Å². The van der Waals surface area contributed by atoms with E-state index in [1.165, 1.54) is 0 Å². The van der Waals surface area contributed by atoms with Gasteiger partial charge in [-0.2, -0.15) is 0 Å². The van der Waals surface area contributed by atoms with Gasteiger partial charge in [-0.05, 0) is 58.9 Å². The highest BCUT2D eigenvalue weighted by atomic mass is 35.5. The summed E-state index contributed by atoms with van der Waals surface area (Å²) in [4.78, 5) is 8.85. The normalized spacial score (nSPS) is 19.5. The molecule has 0 unspecified atom stereocenters. The number of piperidine rings is 1. The van der Waals surface area contributed by atoms with E-state index in [2.05, 4.69) is 25.5 Å². The number of nitrogens with zero attached hydrogens (tertiary/aromatic N) is 5. The van der Waals surface area contributed by atoms with Crippen LogP contribution in [-0.4, -0.2) is 53.0 Å². The lowest BCUT2D eigenvalue weighted by molar-refractivity contribution is -0.0281. The average molecular weight is 586 g/mol. The van der Waals surface area contributed by atoms with Crippen molar-refractivity contribution >= 4 is 42.9 Å². The summed E-state index contributed by atoms with van der Waals surface area (Å²) in [6.07, 6.45) is 4.20. The Kier molecular flexibility index (Phi) is 9.59. The molecule has 38 heavy (non-hydrogen) atoms. The zero-order chi connectivity index (χ0) is 25.0. The Bertz CT molecular complexity index is 1400. The number of aromatic nitrogens is 5. The molecule has 5 heterocycles. The monoisotopic (exact) mass is 584 g/mol. The molecule has 12 heteroatoms. The van der Waals surface area contributed by atoms with Gasteiger partial charge in [0.25, 0.3) is 0 Å². The molecule has 1 aliphatic rings. The van der Waals surface area contributed by atoms with E-state index >= 15 is 4.39 Å². The molecular weight excluding hydrogens is 554 g/mol. The van der Waals surface area contributed by atoms with Gasteiger partial charge in [0.2, 0.25) is 5.88 Å². The van der Waals surface area contributed by atoms with E-state index in [0.29, 0.717) is 17.8 Å². The second-order valence-electron chi connectivity index (χ2n) is 10.4. The van der Waals surface area contributed by atoms with Crippen LogP contribution in [0.4, 0.5) is 4.39 Å².